The third-order valence-electron chi connectivity index (χ3n) is 10.1. The lowest BCUT2D eigenvalue weighted by Crippen LogP contribution is -2.60. The fourth-order valence-corrected chi connectivity index (χ4v) is 8.43. The molecule has 0 saturated carbocycles. The minimum atomic E-state index is 0.102. The first-order chi connectivity index (χ1) is 25.0. The number of anilines is 3. The molecule has 0 spiro atoms. The van der Waals surface area contributed by atoms with Gasteiger partial charge in [-0.2, -0.15) is 29.9 Å². The Hall–Kier alpha value is -2.03. The third kappa shape index (κ3) is 8.38. The highest BCUT2D eigenvalue weighted by Gasteiger charge is 2.41. The van der Waals surface area contributed by atoms with E-state index >= 15 is 0 Å². The van der Waals surface area contributed by atoms with E-state index in [0.29, 0.717) is 94.9 Å². The van der Waals surface area contributed by atoms with Gasteiger partial charge in [0.2, 0.25) is 33.7 Å². The molecular formula is C31H43Cl3N10O7. The fraction of sp³-hybridized carbons (Fsp3) is 0.806. The molecule has 2 aromatic rings. The minimum absolute atomic E-state index is 0.102. The van der Waals surface area contributed by atoms with Gasteiger partial charge in [-0.05, 0) is 54.1 Å². The standard InChI is InChI=1S/C16H22ClN5O3.C9H10Cl2N4O2.C6H11NO2/c17-14-18-15(21-10-2-1-3-11(21)5-23-4-10)20-16(19-14)22-12-6-24-8-13(22)9-25-7-12;10-7-12-8(11)14-9(13-7)15-5-1-16-3-6(15)4-17-2-5;1-5-2-9-4-6(7-5)3-8-1/h10-13H,1-9H2;5-6H,1-4H2;5-7H,1-4H2. The van der Waals surface area contributed by atoms with Crippen LogP contribution in [0.5, 0.6) is 0 Å². The van der Waals surface area contributed by atoms with E-state index < -0.39 is 0 Å². The summed E-state index contributed by atoms with van der Waals surface area (Å²) in [4.78, 5) is 32.2. The van der Waals surface area contributed by atoms with E-state index in [0.717, 1.165) is 52.5 Å². The van der Waals surface area contributed by atoms with Crippen LogP contribution in [0.2, 0.25) is 15.9 Å². The lowest BCUT2D eigenvalue weighted by Gasteiger charge is -2.47. The quantitative estimate of drug-likeness (QED) is 0.470. The summed E-state index contributed by atoms with van der Waals surface area (Å²) < 4.78 is 38.6. The molecule has 17 nitrogen and oxygen atoms in total. The van der Waals surface area contributed by atoms with Gasteiger partial charge in [-0.1, -0.05) is 0 Å². The van der Waals surface area contributed by atoms with Crippen molar-refractivity contribution in [1.29, 1.82) is 0 Å². The van der Waals surface area contributed by atoms with E-state index in [9.17, 15) is 0 Å². The maximum Gasteiger partial charge on any atom is 0.232 e. The van der Waals surface area contributed by atoms with Crippen LogP contribution in [0, 0.1) is 0 Å². The van der Waals surface area contributed by atoms with Crippen LogP contribution in [0.25, 0.3) is 0 Å². The Morgan fingerprint density at radius 3 is 1.06 bits per heavy atom. The average Bonchev–Trinajstić information content (AvgIpc) is 3.11. The van der Waals surface area contributed by atoms with Crippen LogP contribution < -0.4 is 20.0 Å². The lowest BCUT2D eigenvalue weighted by atomic mass is 9.95. The predicted molar refractivity (Wildman–Crippen MR) is 185 cm³/mol. The largest absolute Gasteiger partial charge is 0.378 e. The lowest BCUT2D eigenvalue weighted by molar-refractivity contribution is -0.0556. The number of ether oxygens (including phenoxy) is 7. The number of rotatable bonds is 3. The van der Waals surface area contributed by atoms with Crippen LogP contribution in [0.1, 0.15) is 19.3 Å². The normalized spacial score (nSPS) is 34.1. The predicted octanol–water partition coefficient (Wildman–Crippen LogP) is 1.04. The molecule has 0 aliphatic carbocycles. The van der Waals surface area contributed by atoms with Crippen LogP contribution >= 0.6 is 34.8 Å². The summed E-state index contributed by atoms with van der Waals surface area (Å²) in [6.07, 6.45) is 3.43. The highest BCUT2D eigenvalue weighted by atomic mass is 35.5. The van der Waals surface area contributed by atoms with E-state index in [1.54, 1.807) is 0 Å². The second-order valence-corrected chi connectivity index (χ2v) is 14.8. The van der Waals surface area contributed by atoms with Crippen molar-refractivity contribution in [2.75, 3.05) is 107 Å². The molecule has 8 saturated heterocycles. The van der Waals surface area contributed by atoms with Crippen molar-refractivity contribution >= 4 is 52.6 Å². The molecule has 10 rings (SSSR count). The van der Waals surface area contributed by atoms with Gasteiger partial charge in [0.05, 0.1) is 141 Å². The average molecular weight is 774 g/mol. The maximum absolute atomic E-state index is 6.29. The summed E-state index contributed by atoms with van der Waals surface area (Å²) in [5, 5.41) is 3.85. The molecule has 0 amide bonds. The van der Waals surface area contributed by atoms with Crippen molar-refractivity contribution in [3.05, 3.63) is 15.9 Å². The number of halogens is 3. The first-order valence-electron chi connectivity index (χ1n) is 17.6. The molecule has 2 atom stereocenters. The number of hydrogen-bond donors (Lipinski definition) is 1. The molecule has 1 N–H and O–H groups in total. The Labute approximate surface area is 310 Å². The number of hydrogen-bond acceptors (Lipinski definition) is 17. The molecule has 20 heteroatoms. The second kappa shape index (κ2) is 16.5. The summed E-state index contributed by atoms with van der Waals surface area (Å²) in [6, 6.07) is 2.03. The van der Waals surface area contributed by atoms with Crippen molar-refractivity contribution in [3.63, 3.8) is 0 Å². The highest BCUT2D eigenvalue weighted by molar-refractivity contribution is 6.31. The van der Waals surface area contributed by atoms with E-state index in [-0.39, 0.29) is 40.0 Å². The molecule has 8 bridgehead atoms. The molecular weight excluding hydrogens is 731 g/mol. The van der Waals surface area contributed by atoms with Crippen LogP contribution in [0.15, 0.2) is 0 Å². The Morgan fingerprint density at radius 2 is 0.686 bits per heavy atom. The Balaban J connectivity index is 0.000000123. The van der Waals surface area contributed by atoms with Crippen molar-refractivity contribution < 1.29 is 33.2 Å². The minimum Gasteiger partial charge on any atom is -0.378 e. The first-order valence-corrected chi connectivity index (χ1v) is 18.8. The van der Waals surface area contributed by atoms with E-state index in [2.05, 4.69) is 44.9 Å². The number of morpholine rings is 7. The topological polar surface area (TPSA) is 164 Å². The number of fused-ring (bicyclic) bond motifs is 8. The molecule has 8 aliphatic heterocycles. The van der Waals surface area contributed by atoms with Crippen LogP contribution in [-0.2, 0) is 33.2 Å². The summed E-state index contributed by atoms with van der Waals surface area (Å²) in [6.45, 7) is 9.59. The van der Waals surface area contributed by atoms with Crippen molar-refractivity contribution in [2.45, 2.75) is 67.6 Å². The number of nitrogens with one attached hydrogen (secondary N) is 1. The van der Waals surface area contributed by atoms with Gasteiger partial charge in [0.15, 0.2) is 0 Å². The fourth-order valence-electron chi connectivity index (χ4n) is 7.92. The van der Waals surface area contributed by atoms with Gasteiger partial charge in [0.25, 0.3) is 0 Å². The molecule has 51 heavy (non-hydrogen) atoms. The zero-order valence-corrected chi connectivity index (χ0v) is 30.4. The summed E-state index contributed by atoms with van der Waals surface area (Å²) in [7, 11) is 0. The van der Waals surface area contributed by atoms with E-state index in [4.69, 9.17) is 72.9 Å². The number of nitrogens with zero attached hydrogens (tertiary/aromatic N) is 9. The van der Waals surface area contributed by atoms with Gasteiger partial charge in [-0.15, -0.1) is 0 Å². The molecule has 8 fully saturated rings. The second-order valence-electron chi connectivity index (χ2n) is 13.8. The van der Waals surface area contributed by atoms with Gasteiger partial charge < -0.3 is 53.2 Å². The van der Waals surface area contributed by atoms with Crippen LogP contribution in [0.4, 0.5) is 17.8 Å². The van der Waals surface area contributed by atoms with E-state index in [1.807, 2.05) is 0 Å². The summed E-state index contributed by atoms with van der Waals surface area (Å²) >= 11 is 17.9. The number of aromatic nitrogens is 6. The molecule has 0 aromatic carbocycles. The van der Waals surface area contributed by atoms with Crippen molar-refractivity contribution in [1.82, 2.24) is 35.2 Å². The monoisotopic (exact) mass is 772 g/mol. The smallest absolute Gasteiger partial charge is 0.232 e. The Bertz CT molecular complexity index is 1340. The van der Waals surface area contributed by atoms with Gasteiger partial charge in [-0.25, -0.2) is 0 Å². The van der Waals surface area contributed by atoms with Gasteiger partial charge in [0, 0.05) is 0 Å². The molecule has 10 heterocycles. The van der Waals surface area contributed by atoms with Crippen LogP contribution in [0.3, 0.4) is 0 Å². The van der Waals surface area contributed by atoms with Gasteiger partial charge in [0.1, 0.15) is 0 Å². The molecule has 2 unspecified atom stereocenters. The Morgan fingerprint density at radius 1 is 0.392 bits per heavy atom. The van der Waals surface area contributed by atoms with E-state index in [1.165, 1.54) is 6.42 Å². The Kier molecular flexibility index (Phi) is 11.7. The van der Waals surface area contributed by atoms with Crippen LogP contribution in [-0.4, -0.2) is 171 Å². The van der Waals surface area contributed by atoms with Crippen molar-refractivity contribution in [2.24, 2.45) is 0 Å². The van der Waals surface area contributed by atoms with Crippen molar-refractivity contribution in [3.8, 4) is 0 Å². The zero-order valence-electron chi connectivity index (χ0n) is 28.2. The zero-order chi connectivity index (χ0) is 34.7. The molecule has 0 radical (unpaired) electrons. The highest BCUT2D eigenvalue weighted by Crippen LogP contribution is 2.33. The molecule has 2 aromatic heterocycles. The maximum atomic E-state index is 6.29. The molecule has 280 valence electrons. The first kappa shape index (κ1) is 36.0. The summed E-state index contributed by atoms with van der Waals surface area (Å²) in [5.41, 5.74) is 0. The SMILES string of the molecule is C1OCC2COCC1N2.Clc1nc(Cl)nc(N2C3COCC2COC3)n1.Clc1nc(N2C3CCCC2COC3)nc(N2C3COCC2COC3)n1. The molecule has 8 aliphatic rings. The number of piperidine rings is 1. The van der Waals surface area contributed by atoms with Gasteiger partial charge in [-0.3, -0.25) is 0 Å². The van der Waals surface area contributed by atoms with Gasteiger partial charge >= 0.3 is 0 Å². The third-order valence-corrected chi connectivity index (χ3v) is 10.6. The summed E-state index contributed by atoms with van der Waals surface area (Å²) in [5.74, 6) is 1.82.